The van der Waals surface area contributed by atoms with Crippen LogP contribution in [0.1, 0.15) is 24.5 Å². The zero-order valence-corrected chi connectivity index (χ0v) is 12.3. The summed E-state index contributed by atoms with van der Waals surface area (Å²) in [5.41, 5.74) is 1.91. The van der Waals surface area contributed by atoms with Crippen LogP contribution in [-0.2, 0) is 16.0 Å². The number of carboxylic acids is 1. The number of carbonyl (C=O) groups is 2. The number of carboxylic acid groups (broad SMARTS) is 1. The first-order valence-electron chi connectivity index (χ1n) is 6.74. The number of carbonyl (C=O) groups excluding carboxylic acids is 1. The van der Waals surface area contributed by atoms with Crippen LogP contribution in [0.5, 0.6) is 0 Å². The summed E-state index contributed by atoms with van der Waals surface area (Å²) in [7, 11) is 0. The van der Waals surface area contributed by atoms with Crippen molar-refractivity contribution in [1.82, 2.24) is 5.32 Å². The van der Waals surface area contributed by atoms with Gasteiger partial charge in [-0.05, 0) is 18.9 Å². The third-order valence-corrected chi connectivity index (χ3v) is 3.16. The average Bonchev–Trinajstić information content (AvgIpc) is 2.38. The zero-order valence-electron chi connectivity index (χ0n) is 12.3. The standard InChI is InChI=1S/C15H18F3NO3/c1-9-3-5-11(6-4-9)7-10(2)13(20)19-12(14(21)22)8-15(16,17)18/h3-6,10,12H,7-8H2,1-2H3,(H,19,20)(H,21,22). The highest BCUT2D eigenvalue weighted by Gasteiger charge is 2.36. The normalized spacial score (nSPS) is 14.2. The van der Waals surface area contributed by atoms with E-state index in [0.717, 1.165) is 11.1 Å². The second-order valence-corrected chi connectivity index (χ2v) is 5.31. The van der Waals surface area contributed by atoms with Crippen molar-refractivity contribution in [3.05, 3.63) is 35.4 Å². The molecule has 0 bridgehead atoms. The highest BCUT2D eigenvalue weighted by atomic mass is 19.4. The van der Waals surface area contributed by atoms with Crippen LogP contribution in [0.2, 0.25) is 0 Å². The fourth-order valence-corrected chi connectivity index (χ4v) is 1.92. The Bertz CT molecular complexity index is 526. The SMILES string of the molecule is Cc1ccc(CC(C)C(=O)NC(CC(F)(F)F)C(=O)O)cc1. The number of halogens is 3. The van der Waals surface area contributed by atoms with E-state index in [9.17, 15) is 22.8 Å². The van der Waals surface area contributed by atoms with Gasteiger partial charge in [0.2, 0.25) is 5.91 Å². The van der Waals surface area contributed by atoms with E-state index in [-0.39, 0.29) is 0 Å². The lowest BCUT2D eigenvalue weighted by Gasteiger charge is -2.19. The number of hydrogen-bond acceptors (Lipinski definition) is 2. The predicted octanol–water partition coefficient (Wildman–Crippen LogP) is 2.70. The molecule has 0 aliphatic carbocycles. The number of amides is 1. The Kier molecular flexibility index (Phi) is 5.96. The Balaban J connectivity index is 2.65. The Morgan fingerprint density at radius 3 is 2.23 bits per heavy atom. The van der Waals surface area contributed by atoms with Crippen LogP contribution < -0.4 is 5.32 Å². The largest absolute Gasteiger partial charge is 0.480 e. The molecule has 2 N–H and O–H groups in total. The van der Waals surface area contributed by atoms with Crippen molar-refractivity contribution in [1.29, 1.82) is 0 Å². The van der Waals surface area contributed by atoms with Crippen molar-refractivity contribution in [2.75, 3.05) is 0 Å². The maximum atomic E-state index is 12.3. The first kappa shape index (κ1) is 18.0. The van der Waals surface area contributed by atoms with E-state index in [1.807, 2.05) is 36.5 Å². The molecule has 0 aliphatic rings. The lowest BCUT2D eigenvalue weighted by Crippen LogP contribution is -2.45. The Labute approximate surface area is 126 Å². The lowest BCUT2D eigenvalue weighted by molar-refractivity contribution is -0.160. The van der Waals surface area contributed by atoms with Crippen LogP contribution >= 0.6 is 0 Å². The molecule has 22 heavy (non-hydrogen) atoms. The van der Waals surface area contributed by atoms with Crippen LogP contribution in [0.3, 0.4) is 0 Å². The summed E-state index contributed by atoms with van der Waals surface area (Å²) in [5, 5.41) is 10.7. The third-order valence-electron chi connectivity index (χ3n) is 3.16. The van der Waals surface area contributed by atoms with Crippen LogP contribution in [0.4, 0.5) is 13.2 Å². The van der Waals surface area contributed by atoms with E-state index in [1.54, 1.807) is 6.92 Å². The smallest absolute Gasteiger partial charge is 0.391 e. The number of aryl methyl sites for hydroxylation is 1. The number of benzene rings is 1. The summed E-state index contributed by atoms with van der Waals surface area (Å²) in [5.74, 6) is -3.04. The van der Waals surface area contributed by atoms with Gasteiger partial charge in [0.05, 0.1) is 6.42 Å². The molecule has 0 fully saturated rings. The molecule has 0 saturated carbocycles. The van der Waals surface area contributed by atoms with Gasteiger partial charge in [-0.25, -0.2) is 4.79 Å². The van der Waals surface area contributed by atoms with Gasteiger partial charge in [0.1, 0.15) is 6.04 Å². The van der Waals surface area contributed by atoms with Crippen LogP contribution in [0.15, 0.2) is 24.3 Å². The molecule has 122 valence electrons. The van der Waals surface area contributed by atoms with E-state index >= 15 is 0 Å². The maximum Gasteiger partial charge on any atom is 0.391 e. The lowest BCUT2D eigenvalue weighted by atomic mass is 9.99. The topological polar surface area (TPSA) is 66.4 Å². The summed E-state index contributed by atoms with van der Waals surface area (Å²) in [6.45, 7) is 3.45. The molecule has 0 aromatic heterocycles. The Morgan fingerprint density at radius 2 is 1.77 bits per heavy atom. The Hall–Kier alpha value is -2.05. The maximum absolute atomic E-state index is 12.3. The van der Waals surface area contributed by atoms with E-state index in [4.69, 9.17) is 5.11 Å². The molecule has 0 heterocycles. The first-order valence-corrected chi connectivity index (χ1v) is 6.74. The highest BCUT2D eigenvalue weighted by molar-refractivity contribution is 5.84. The fraction of sp³-hybridized carbons (Fsp3) is 0.467. The third kappa shape index (κ3) is 6.15. The van der Waals surface area contributed by atoms with E-state index in [1.165, 1.54) is 0 Å². The number of rotatable bonds is 6. The summed E-state index contributed by atoms with van der Waals surface area (Å²) < 4.78 is 36.9. The number of alkyl halides is 3. The van der Waals surface area contributed by atoms with E-state index in [0.29, 0.717) is 6.42 Å². The molecule has 0 spiro atoms. The van der Waals surface area contributed by atoms with Crippen molar-refractivity contribution >= 4 is 11.9 Å². The van der Waals surface area contributed by atoms with Crippen molar-refractivity contribution in [2.45, 2.75) is 38.9 Å². The molecule has 1 aromatic carbocycles. The second-order valence-electron chi connectivity index (χ2n) is 5.31. The summed E-state index contributed by atoms with van der Waals surface area (Å²) in [6, 6.07) is 5.41. The molecule has 1 aromatic rings. The molecule has 0 radical (unpaired) electrons. The number of nitrogens with one attached hydrogen (secondary N) is 1. The van der Waals surface area contributed by atoms with Gasteiger partial charge >= 0.3 is 12.1 Å². The Morgan fingerprint density at radius 1 is 1.23 bits per heavy atom. The molecule has 7 heteroatoms. The minimum Gasteiger partial charge on any atom is -0.480 e. The molecular weight excluding hydrogens is 299 g/mol. The van der Waals surface area contributed by atoms with Crippen LogP contribution in [0, 0.1) is 12.8 Å². The molecule has 1 rings (SSSR count). The van der Waals surface area contributed by atoms with Crippen LogP contribution in [0.25, 0.3) is 0 Å². The molecule has 0 saturated heterocycles. The van der Waals surface area contributed by atoms with E-state index < -0.39 is 36.4 Å². The van der Waals surface area contributed by atoms with Crippen LogP contribution in [-0.4, -0.2) is 29.2 Å². The molecule has 2 atom stereocenters. The summed E-state index contributed by atoms with van der Waals surface area (Å²) in [4.78, 5) is 22.7. The molecule has 0 aliphatic heterocycles. The van der Waals surface area contributed by atoms with Gasteiger partial charge in [-0.1, -0.05) is 36.8 Å². The summed E-state index contributed by atoms with van der Waals surface area (Å²) >= 11 is 0. The van der Waals surface area contributed by atoms with Gasteiger partial charge in [-0.2, -0.15) is 13.2 Å². The van der Waals surface area contributed by atoms with Gasteiger partial charge in [-0.3, -0.25) is 4.79 Å². The van der Waals surface area contributed by atoms with Crippen molar-refractivity contribution in [2.24, 2.45) is 5.92 Å². The quantitative estimate of drug-likeness (QED) is 0.848. The highest BCUT2D eigenvalue weighted by Crippen LogP contribution is 2.22. The van der Waals surface area contributed by atoms with Crippen molar-refractivity contribution < 1.29 is 27.9 Å². The minimum absolute atomic E-state index is 0.324. The number of aliphatic carboxylic acids is 1. The monoisotopic (exact) mass is 317 g/mol. The summed E-state index contributed by atoms with van der Waals surface area (Å²) in [6.07, 6.45) is -5.92. The van der Waals surface area contributed by atoms with Gasteiger partial charge in [0.15, 0.2) is 0 Å². The number of hydrogen-bond donors (Lipinski definition) is 2. The van der Waals surface area contributed by atoms with Gasteiger partial charge < -0.3 is 10.4 Å². The van der Waals surface area contributed by atoms with Gasteiger partial charge in [-0.15, -0.1) is 0 Å². The van der Waals surface area contributed by atoms with E-state index in [2.05, 4.69) is 0 Å². The molecule has 1 amide bonds. The molecule has 4 nitrogen and oxygen atoms in total. The minimum atomic E-state index is -4.66. The molecule has 2 unspecified atom stereocenters. The first-order chi connectivity index (χ1) is 10.1. The van der Waals surface area contributed by atoms with Crippen molar-refractivity contribution in [3.8, 4) is 0 Å². The van der Waals surface area contributed by atoms with Crippen molar-refractivity contribution in [3.63, 3.8) is 0 Å². The average molecular weight is 317 g/mol. The molecular formula is C15H18F3NO3. The fourth-order valence-electron chi connectivity index (χ4n) is 1.92. The van der Waals surface area contributed by atoms with Gasteiger partial charge in [0, 0.05) is 5.92 Å². The predicted molar refractivity (Wildman–Crippen MR) is 74.3 cm³/mol. The second kappa shape index (κ2) is 7.29. The van der Waals surface area contributed by atoms with Gasteiger partial charge in [0.25, 0.3) is 0 Å². The zero-order chi connectivity index (χ0) is 16.9.